The summed E-state index contributed by atoms with van der Waals surface area (Å²) in [6.45, 7) is 2.68. The number of anilines is 1. The molecule has 0 saturated carbocycles. The van der Waals surface area contributed by atoms with Gasteiger partial charge in [-0.25, -0.2) is 14.3 Å². The van der Waals surface area contributed by atoms with Gasteiger partial charge in [0.2, 0.25) is 5.60 Å². The molecular formula is C24H22N6O8S2. The van der Waals surface area contributed by atoms with Gasteiger partial charge >= 0.3 is 5.97 Å². The van der Waals surface area contributed by atoms with Crippen LogP contribution in [0, 0.1) is 0 Å². The van der Waals surface area contributed by atoms with E-state index in [1.165, 1.54) is 31.0 Å². The van der Waals surface area contributed by atoms with Crippen molar-refractivity contribution in [1.29, 1.82) is 0 Å². The molecule has 2 atom stereocenters. The zero-order chi connectivity index (χ0) is 28.8. The van der Waals surface area contributed by atoms with E-state index in [2.05, 4.69) is 15.5 Å². The zero-order valence-corrected chi connectivity index (χ0v) is 22.7. The first kappa shape index (κ1) is 27.1. The van der Waals surface area contributed by atoms with Gasteiger partial charge < -0.3 is 35.3 Å². The van der Waals surface area contributed by atoms with Crippen molar-refractivity contribution in [3.05, 3.63) is 53.1 Å². The van der Waals surface area contributed by atoms with Gasteiger partial charge in [-0.15, -0.1) is 23.1 Å². The number of aliphatic carboxylic acids is 2. The molecule has 4 N–H and O–H groups in total. The zero-order valence-electron chi connectivity index (χ0n) is 21.0. The lowest BCUT2D eigenvalue weighted by Gasteiger charge is -2.50. The molecule has 2 amide bonds. The first-order valence-corrected chi connectivity index (χ1v) is 13.7. The number of thioether (sulfide) groups is 1. The van der Waals surface area contributed by atoms with Crippen LogP contribution in [0.15, 0.2) is 57.0 Å². The van der Waals surface area contributed by atoms with E-state index in [0.29, 0.717) is 11.2 Å². The highest BCUT2D eigenvalue weighted by atomic mass is 32.2. The molecule has 2 aliphatic heterocycles. The first-order valence-electron chi connectivity index (χ1n) is 11.7. The average Bonchev–Trinajstić information content (AvgIpc) is 3.55. The number of carbonyl (C=O) groups is 4. The molecule has 40 heavy (non-hydrogen) atoms. The molecule has 14 nitrogen and oxygen atoms in total. The van der Waals surface area contributed by atoms with Crippen molar-refractivity contribution in [2.75, 3.05) is 11.5 Å². The number of amides is 2. The van der Waals surface area contributed by atoms with Crippen molar-refractivity contribution in [1.82, 2.24) is 15.2 Å². The highest BCUT2D eigenvalue weighted by molar-refractivity contribution is 8.00. The molecule has 3 aromatic heterocycles. The van der Waals surface area contributed by atoms with Gasteiger partial charge in [-0.3, -0.25) is 14.5 Å². The van der Waals surface area contributed by atoms with Crippen molar-refractivity contribution >= 4 is 68.7 Å². The summed E-state index contributed by atoms with van der Waals surface area (Å²) in [6, 6.07) is 2.45. The van der Waals surface area contributed by atoms with E-state index in [-0.39, 0.29) is 28.8 Å². The second kappa shape index (κ2) is 10.3. The first-order chi connectivity index (χ1) is 19.0. The van der Waals surface area contributed by atoms with E-state index in [1.807, 2.05) is 0 Å². The molecule has 0 aromatic carbocycles. The van der Waals surface area contributed by atoms with Crippen LogP contribution in [-0.2, 0) is 30.6 Å². The van der Waals surface area contributed by atoms with Gasteiger partial charge in [0.25, 0.3) is 11.8 Å². The van der Waals surface area contributed by atoms with Crippen LogP contribution in [0.25, 0.3) is 11.0 Å². The third-order valence-electron chi connectivity index (χ3n) is 6.21. The van der Waals surface area contributed by atoms with Crippen molar-refractivity contribution in [3.8, 4) is 0 Å². The molecule has 0 aliphatic carbocycles. The van der Waals surface area contributed by atoms with Crippen LogP contribution in [0.1, 0.15) is 19.5 Å². The minimum absolute atomic E-state index is 0.0188. The number of fused-ring (bicyclic) bond motifs is 2. The number of carboxylic acids is 2. The number of nitrogens with two attached hydrogens (primary N) is 1. The second-order valence-electron chi connectivity index (χ2n) is 9.38. The number of nitrogens with one attached hydrogen (secondary N) is 1. The molecule has 1 fully saturated rings. The highest BCUT2D eigenvalue weighted by Gasteiger charge is 2.53. The topological polar surface area (TPSA) is 204 Å². The predicted octanol–water partition coefficient (Wildman–Crippen LogP) is -0.553. The third kappa shape index (κ3) is 4.98. The smallest absolute Gasteiger partial charge is 0.350 e. The van der Waals surface area contributed by atoms with E-state index in [9.17, 15) is 29.4 Å². The van der Waals surface area contributed by atoms with E-state index < -0.39 is 46.5 Å². The summed E-state index contributed by atoms with van der Waals surface area (Å²) in [5.74, 6) is -4.09. The summed E-state index contributed by atoms with van der Waals surface area (Å²) in [5, 5.41) is 29.4. The number of furan rings is 1. The molecule has 2 aliphatic rings. The number of aromatic nitrogens is 2. The molecular weight excluding hydrogens is 564 g/mol. The molecule has 1 saturated heterocycles. The summed E-state index contributed by atoms with van der Waals surface area (Å²) in [6.07, 6.45) is 5.09. The number of β-lactam (4-membered cyclic amide) rings is 1. The number of nitrogens with zero attached hydrogens (tertiary/aromatic N) is 4. The number of pyridine rings is 1. The van der Waals surface area contributed by atoms with E-state index in [4.69, 9.17) is 15.0 Å². The Balaban J connectivity index is 1.36. The lowest BCUT2D eigenvalue weighted by atomic mass is 10.0. The summed E-state index contributed by atoms with van der Waals surface area (Å²) in [5.41, 5.74) is 4.45. The fourth-order valence-corrected chi connectivity index (χ4v) is 5.96. The number of hydrogen-bond acceptors (Lipinski definition) is 12. The molecule has 5 heterocycles. The van der Waals surface area contributed by atoms with Gasteiger partial charge in [0, 0.05) is 22.8 Å². The Labute approximate surface area is 234 Å². The van der Waals surface area contributed by atoms with Gasteiger partial charge in [0.05, 0.1) is 23.3 Å². The summed E-state index contributed by atoms with van der Waals surface area (Å²) >= 11 is 2.30. The predicted molar refractivity (Wildman–Crippen MR) is 139 cm³/mol. The lowest BCUT2D eigenvalue weighted by molar-refractivity contribution is -0.687. The van der Waals surface area contributed by atoms with Gasteiger partial charge in [0.15, 0.2) is 29.8 Å². The summed E-state index contributed by atoms with van der Waals surface area (Å²) in [7, 11) is 0. The standard InChI is InChI=1S/C24H22N6O8S2/c1-24(2,22(35)36)38-28-15(13-10-40-23(25)26-13)18(31)27-16-19(32)30-17(21(33)34)12(9-39-20(16)30)8-29-5-3-14-11(7-29)4-6-37-14/h3-7,10,16,20H,8-9H2,1-2H3,(H4-,25,26,27,31,33,34,35,36)/b28-15-/t16?,20-/m1/s1. The second-order valence-corrected chi connectivity index (χ2v) is 11.4. The molecule has 0 spiro atoms. The Bertz CT molecular complexity index is 1610. The highest BCUT2D eigenvalue weighted by Crippen LogP contribution is 2.40. The fourth-order valence-electron chi connectivity index (χ4n) is 4.08. The Morgan fingerprint density at radius 2 is 2.17 bits per heavy atom. The fraction of sp³-hybridized carbons (Fsp3) is 0.292. The van der Waals surface area contributed by atoms with Crippen molar-refractivity contribution < 1.29 is 43.2 Å². The van der Waals surface area contributed by atoms with Gasteiger partial charge in [-0.1, -0.05) is 5.16 Å². The monoisotopic (exact) mass is 586 g/mol. The Morgan fingerprint density at radius 3 is 2.85 bits per heavy atom. The lowest BCUT2D eigenvalue weighted by Crippen LogP contribution is -2.71. The number of hydrogen-bond donors (Lipinski definition) is 3. The molecule has 0 bridgehead atoms. The maximum absolute atomic E-state index is 13.2. The Hall–Kier alpha value is -4.44. The average molecular weight is 587 g/mol. The van der Waals surface area contributed by atoms with Gasteiger partial charge in [0.1, 0.15) is 22.7 Å². The number of carbonyl (C=O) groups excluding carboxylic acids is 3. The van der Waals surface area contributed by atoms with Crippen LogP contribution in [0.5, 0.6) is 0 Å². The van der Waals surface area contributed by atoms with Crippen LogP contribution >= 0.6 is 23.1 Å². The summed E-state index contributed by atoms with van der Waals surface area (Å²) in [4.78, 5) is 60.1. The Morgan fingerprint density at radius 1 is 1.40 bits per heavy atom. The summed E-state index contributed by atoms with van der Waals surface area (Å²) < 4.78 is 7.11. The third-order valence-corrected chi connectivity index (χ3v) is 8.22. The van der Waals surface area contributed by atoms with Crippen LogP contribution in [-0.4, -0.2) is 67.2 Å². The van der Waals surface area contributed by atoms with Crippen molar-refractivity contribution in [2.45, 2.75) is 37.4 Å². The quantitative estimate of drug-likeness (QED) is 0.125. The number of nitrogen functional groups attached to an aromatic ring is 1. The number of carboxylic acid groups (broad SMARTS) is 2. The SMILES string of the molecule is CC(C)(O/N=C(\C(=O)NC1C(=O)N2C(C(=O)[O-])=C(C[n+]3ccc4occc4c3)CS[C@H]12)c1csc(N)n1)C(=O)O. The van der Waals surface area contributed by atoms with Crippen molar-refractivity contribution in [3.63, 3.8) is 0 Å². The molecule has 3 aromatic rings. The van der Waals surface area contributed by atoms with Gasteiger partial charge in [-0.05, 0) is 19.9 Å². The molecule has 5 rings (SSSR count). The number of rotatable bonds is 9. The molecule has 1 unspecified atom stereocenters. The van der Waals surface area contributed by atoms with Crippen LogP contribution in [0.2, 0.25) is 0 Å². The number of thiazole rings is 1. The van der Waals surface area contributed by atoms with Crippen LogP contribution < -0.4 is 20.7 Å². The van der Waals surface area contributed by atoms with Crippen LogP contribution in [0.4, 0.5) is 5.13 Å². The Kier molecular flexibility index (Phi) is 6.97. The maximum atomic E-state index is 13.2. The van der Waals surface area contributed by atoms with E-state index >= 15 is 0 Å². The van der Waals surface area contributed by atoms with E-state index in [0.717, 1.165) is 21.6 Å². The normalized spacial score (nSPS) is 19.3. The minimum atomic E-state index is -1.76. The largest absolute Gasteiger partial charge is 0.543 e. The molecule has 16 heteroatoms. The van der Waals surface area contributed by atoms with E-state index in [1.54, 1.807) is 35.4 Å². The number of oxime groups is 1. The molecule has 208 valence electrons. The van der Waals surface area contributed by atoms with Crippen molar-refractivity contribution in [2.24, 2.45) is 5.16 Å². The minimum Gasteiger partial charge on any atom is -0.543 e. The maximum Gasteiger partial charge on any atom is 0.350 e. The molecule has 0 radical (unpaired) electrons. The van der Waals surface area contributed by atoms with Crippen LogP contribution in [0.3, 0.4) is 0 Å². The van der Waals surface area contributed by atoms with Gasteiger partial charge in [-0.2, -0.15) is 0 Å².